The van der Waals surface area contributed by atoms with Crippen molar-refractivity contribution in [3.63, 3.8) is 0 Å². The fourth-order valence-corrected chi connectivity index (χ4v) is 5.71. The number of ketones is 1. The first-order valence-electron chi connectivity index (χ1n) is 22.2. The van der Waals surface area contributed by atoms with E-state index in [-0.39, 0.29) is 31.8 Å². The topological polar surface area (TPSA) is 128 Å². The Morgan fingerprint density at radius 3 is 1.64 bits per heavy atom. The maximum atomic E-state index is 12.7. The third-order valence-corrected chi connectivity index (χ3v) is 9.42. The lowest BCUT2D eigenvalue weighted by Crippen LogP contribution is -2.37. The van der Waals surface area contributed by atoms with Gasteiger partial charge in [-0.3, -0.25) is 18.9 Å². The molecule has 0 saturated heterocycles. The lowest BCUT2D eigenvalue weighted by atomic mass is 10.1. The number of nitrogens with zero attached hydrogens (tertiary/aromatic N) is 1. The third kappa shape index (κ3) is 44.0. The number of allylic oxidation sites excluding steroid dienone is 20. The summed E-state index contributed by atoms with van der Waals surface area (Å²) in [4.78, 5) is 49.2. The maximum Gasteiger partial charge on any atom is 0.306 e. The second kappa shape index (κ2) is 40.2. The molecule has 10 nitrogen and oxygen atoms in total. The van der Waals surface area contributed by atoms with Gasteiger partial charge in [-0.05, 0) is 83.1 Å². The van der Waals surface area contributed by atoms with Gasteiger partial charge in [-0.25, -0.2) is 0 Å². The van der Waals surface area contributed by atoms with Crippen LogP contribution in [-0.2, 0) is 37.5 Å². The van der Waals surface area contributed by atoms with Gasteiger partial charge in [-0.15, -0.1) is 0 Å². The number of carbonyl (C=O) groups is 3. The van der Waals surface area contributed by atoms with E-state index in [1.54, 1.807) is 12.2 Å². The molecule has 0 amide bonds. The van der Waals surface area contributed by atoms with E-state index < -0.39 is 32.5 Å². The molecule has 0 aliphatic rings. The second-order valence-corrected chi connectivity index (χ2v) is 16.8. The molecular weight excluding hydrogens is 790 g/mol. The van der Waals surface area contributed by atoms with E-state index in [1.165, 1.54) is 0 Å². The Morgan fingerprint density at radius 2 is 1.10 bits per heavy atom. The Hall–Kier alpha value is -3.92. The molecule has 11 heteroatoms. The van der Waals surface area contributed by atoms with Gasteiger partial charge in [0.15, 0.2) is 11.9 Å². The lowest BCUT2D eigenvalue weighted by molar-refractivity contribution is -0.870. The lowest BCUT2D eigenvalue weighted by Gasteiger charge is -2.28. The zero-order valence-electron chi connectivity index (χ0n) is 38.0. The smallest absolute Gasteiger partial charge is 0.306 e. The molecule has 61 heavy (non-hydrogen) atoms. The van der Waals surface area contributed by atoms with Crippen molar-refractivity contribution in [1.29, 1.82) is 0 Å². The van der Waals surface area contributed by atoms with E-state index in [4.69, 9.17) is 18.5 Å². The predicted molar refractivity (Wildman–Crippen MR) is 249 cm³/mol. The minimum atomic E-state index is -4.68. The zero-order valence-corrected chi connectivity index (χ0v) is 38.9. The van der Waals surface area contributed by atoms with Gasteiger partial charge in [-0.1, -0.05) is 142 Å². The largest absolute Gasteiger partial charge is 0.756 e. The van der Waals surface area contributed by atoms with Crippen molar-refractivity contribution in [2.24, 2.45) is 0 Å². The highest BCUT2D eigenvalue weighted by molar-refractivity contribution is 7.45. The summed E-state index contributed by atoms with van der Waals surface area (Å²) < 4.78 is 33.7. The highest BCUT2D eigenvalue weighted by Gasteiger charge is 2.21. The summed E-state index contributed by atoms with van der Waals surface area (Å²) in [5, 5.41) is 0. The molecule has 0 aliphatic carbocycles. The number of quaternary nitrogens is 1. The van der Waals surface area contributed by atoms with Crippen LogP contribution < -0.4 is 4.89 Å². The van der Waals surface area contributed by atoms with Gasteiger partial charge < -0.3 is 27.9 Å². The fraction of sp³-hybridized carbons (Fsp3) is 0.540. The summed E-state index contributed by atoms with van der Waals surface area (Å²) in [5.41, 5.74) is 0. The normalized spacial score (nSPS) is 14.6. The highest BCUT2D eigenvalue weighted by Crippen LogP contribution is 2.38. The van der Waals surface area contributed by atoms with Crippen LogP contribution in [0, 0.1) is 0 Å². The third-order valence-electron chi connectivity index (χ3n) is 8.46. The van der Waals surface area contributed by atoms with E-state index in [0.29, 0.717) is 36.7 Å². The van der Waals surface area contributed by atoms with Crippen molar-refractivity contribution < 1.29 is 46.8 Å². The molecule has 0 fully saturated rings. The van der Waals surface area contributed by atoms with Gasteiger partial charge in [0.05, 0.1) is 27.7 Å². The molecule has 1 unspecified atom stereocenters. The second-order valence-electron chi connectivity index (χ2n) is 15.4. The summed E-state index contributed by atoms with van der Waals surface area (Å²) in [5.74, 6) is -0.888. The maximum absolute atomic E-state index is 12.7. The summed E-state index contributed by atoms with van der Waals surface area (Å²) >= 11 is 0. The summed E-state index contributed by atoms with van der Waals surface area (Å²) in [7, 11) is 1.03. The van der Waals surface area contributed by atoms with E-state index in [2.05, 4.69) is 74.6 Å². The van der Waals surface area contributed by atoms with Crippen molar-refractivity contribution in [3.8, 4) is 0 Å². The molecule has 0 radical (unpaired) electrons. The molecule has 0 aromatic heterocycles. The van der Waals surface area contributed by atoms with Crippen LogP contribution in [0.3, 0.4) is 0 Å². The van der Waals surface area contributed by atoms with Gasteiger partial charge in [0.2, 0.25) is 0 Å². The molecule has 0 aliphatic heterocycles. The molecule has 0 saturated carbocycles. The van der Waals surface area contributed by atoms with Gasteiger partial charge in [0.1, 0.15) is 19.8 Å². The van der Waals surface area contributed by atoms with E-state index in [9.17, 15) is 23.8 Å². The number of esters is 2. The van der Waals surface area contributed by atoms with Gasteiger partial charge in [0.25, 0.3) is 7.82 Å². The van der Waals surface area contributed by atoms with Crippen LogP contribution in [0.25, 0.3) is 0 Å². The number of rotatable bonds is 38. The summed E-state index contributed by atoms with van der Waals surface area (Å²) in [6.45, 7) is 3.74. The van der Waals surface area contributed by atoms with Crippen molar-refractivity contribution >= 4 is 25.5 Å². The van der Waals surface area contributed by atoms with Crippen LogP contribution >= 0.6 is 7.82 Å². The van der Waals surface area contributed by atoms with Gasteiger partial charge in [-0.2, -0.15) is 0 Å². The van der Waals surface area contributed by atoms with E-state index in [1.807, 2.05) is 69.8 Å². The van der Waals surface area contributed by atoms with E-state index >= 15 is 0 Å². The minimum Gasteiger partial charge on any atom is -0.756 e. The highest BCUT2D eigenvalue weighted by atomic mass is 31.2. The molecule has 342 valence electrons. The van der Waals surface area contributed by atoms with Gasteiger partial charge in [0, 0.05) is 19.3 Å². The Balaban J connectivity index is 4.64. The molecule has 0 N–H and O–H groups in total. The Kier molecular flexibility index (Phi) is 37.6. The molecule has 2 atom stereocenters. The van der Waals surface area contributed by atoms with Crippen LogP contribution in [-0.4, -0.2) is 75.8 Å². The first-order chi connectivity index (χ1) is 29.4. The number of hydrogen-bond donors (Lipinski definition) is 0. The predicted octanol–water partition coefficient (Wildman–Crippen LogP) is 11.5. The number of carbonyl (C=O) groups excluding carboxylic acids is 3. The minimum absolute atomic E-state index is 0.0707. The average Bonchev–Trinajstić information content (AvgIpc) is 3.21. The summed E-state index contributed by atoms with van der Waals surface area (Å²) in [6.07, 6.45) is 52.3. The van der Waals surface area contributed by atoms with Crippen molar-refractivity contribution in [3.05, 3.63) is 122 Å². The first-order valence-corrected chi connectivity index (χ1v) is 23.7. The van der Waals surface area contributed by atoms with Crippen LogP contribution in [0.1, 0.15) is 123 Å². The number of hydrogen-bond acceptors (Lipinski definition) is 9. The summed E-state index contributed by atoms with van der Waals surface area (Å²) in [6, 6.07) is 0. The number of phosphoric acid groups is 1. The molecule has 0 spiro atoms. The van der Waals surface area contributed by atoms with Gasteiger partial charge >= 0.3 is 11.9 Å². The number of ether oxygens (including phenoxy) is 2. The Bertz CT molecular complexity index is 1510. The average molecular weight is 868 g/mol. The van der Waals surface area contributed by atoms with Crippen molar-refractivity contribution in [1.82, 2.24) is 0 Å². The zero-order chi connectivity index (χ0) is 45.1. The van der Waals surface area contributed by atoms with Crippen molar-refractivity contribution in [2.45, 2.75) is 129 Å². The van der Waals surface area contributed by atoms with Crippen LogP contribution in [0.15, 0.2) is 122 Å². The molecule has 0 heterocycles. The molecule has 0 bridgehead atoms. The Morgan fingerprint density at radius 1 is 0.574 bits per heavy atom. The molecule has 0 aromatic rings. The Labute approximate surface area is 369 Å². The van der Waals surface area contributed by atoms with Crippen LogP contribution in [0.5, 0.6) is 0 Å². The van der Waals surface area contributed by atoms with Crippen molar-refractivity contribution in [2.75, 3.05) is 47.5 Å². The fourth-order valence-electron chi connectivity index (χ4n) is 4.98. The monoisotopic (exact) mass is 868 g/mol. The number of unbranched alkanes of at least 4 members (excludes halogenated alkanes) is 3. The molecular formula is C50H78NO9P. The molecule has 0 rings (SSSR count). The standard InChI is InChI=1S/C50H78NO9P/c1-6-8-10-11-12-13-14-15-16-17-18-19-20-21-24-27-30-33-37-41-49(53)57-45-48(46-59-61(55,56)58-44-43-51(3,4)5)60-50(54)42-38-34-31-28-25-22-23-26-29-32-36-40-47(52)39-35-9-7-2/h8,10,12-13,15-16,18-19,21-24,28-33,36,40,48H,6-7,9,11,14,17,20,25-27,34-35,37-39,41-46H2,1-5H3/b10-8-,13-12-,16-15-,19-18-,23-22-,24-21-,31-28-,32-29-,33-30-,40-36+/t48-/m1/s1. The van der Waals surface area contributed by atoms with Crippen LogP contribution in [0.4, 0.5) is 0 Å². The van der Waals surface area contributed by atoms with E-state index in [0.717, 1.165) is 70.6 Å². The number of phosphoric ester groups is 1. The SMILES string of the molecule is CC/C=C\C/C=C\C/C=C\C/C=C\C/C=C\C/C=C\CCC(=O)OC[C@H](COP(=O)([O-])OCC[N+](C)(C)C)OC(=O)CCC/C=C\C/C=C\C/C=C\C=C\C(=O)CCCCC. The number of likely N-dealkylation sites (N-methyl/N-ethyl adjacent to an activating group) is 1. The quantitative estimate of drug-likeness (QED) is 0.0113. The molecule has 0 aromatic carbocycles. The first kappa shape index (κ1) is 57.1. The van der Waals surface area contributed by atoms with Crippen LogP contribution in [0.2, 0.25) is 0 Å².